The Balaban J connectivity index is 2.36. The molecule has 1 saturated heterocycles. The molecule has 0 bridgehead atoms. The highest BCUT2D eigenvalue weighted by Gasteiger charge is 2.45. The predicted molar refractivity (Wildman–Crippen MR) is 78.0 cm³/mol. The topological polar surface area (TPSA) is 47.3 Å². The smallest absolute Gasteiger partial charge is 0.112 e. The van der Waals surface area contributed by atoms with Crippen molar-refractivity contribution >= 4 is 15.9 Å². The van der Waals surface area contributed by atoms with Crippen molar-refractivity contribution in [1.82, 2.24) is 9.78 Å². The van der Waals surface area contributed by atoms with E-state index in [2.05, 4.69) is 41.8 Å². The van der Waals surface area contributed by atoms with Crippen LogP contribution in [0.4, 0.5) is 0 Å². The second-order valence-electron chi connectivity index (χ2n) is 5.67. The second-order valence-corrected chi connectivity index (χ2v) is 6.53. The average molecular weight is 331 g/mol. The minimum absolute atomic E-state index is 0.256. The fourth-order valence-electron chi connectivity index (χ4n) is 2.86. The third-order valence-corrected chi connectivity index (χ3v) is 4.63. The Kier molecular flexibility index (Phi) is 4.38. The molecule has 1 aliphatic heterocycles. The van der Waals surface area contributed by atoms with Crippen molar-refractivity contribution in [3.63, 3.8) is 0 Å². The molecule has 1 N–H and O–H groups in total. The summed E-state index contributed by atoms with van der Waals surface area (Å²) >= 11 is 3.53. The molecule has 4 nitrogen and oxygen atoms in total. The minimum atomic E-state index is -0.854. The summed E-state index contributed by atoms with van der Waals surface area (Å²) in [6.07, 6.45) is 4.91. The fraction of sp³-hybridized carbons (Fsp3) is 0.786. The largest absolute Gasteiger partial charge is 0.383 e. The molecule has 0 aliphatic carbocycles. The van der Waals surface area contributed by atoms with Crippen LogP contribution in [0, 0.1) is 0 Å². The second kappa shape index (κ2) is 5.54. The molecular formula is C14H23BrN2O2. The summed E-state index contributed by atoms with van der Waals surface area (Å²) in [7, 11) is 0. The van der Waals surface area contributed by atoms with Crippen molar-refractivity contribution < 1.29 is 9.84 Å². The van der Waals surface area contributed by atoms with Gasteiger partial charge in [-0.1, -0.05) is 13.8 Å². The van der Waals surface area contributed by atoms with Gasteiger partial charge in [0.15, 0.2) is 0 Å². The van der Waals surface area contributed by atoms with Crippen LogP contribution >= 0.6 is 15.9 Å². The van der Waals surface area contributed by atoms with Gasteiger partial charge in [0.05, 0.1) is 28.6 Å². The summed E-state index contributed by atoms with van der Waals surface area (Å²) in [4.78, 5) is 0. The normalized spacial score (nSPS) is 31.6. The lowest BCUT2D eigenvalue weighted by molar-refractivity contribution is -0.160. The fourth-order valence-corrected chi connectivity index (χ4v) is 3.53. The highest BCUT2D eigenvalue weighted by Crippen LogP contribution is 2.43. The van der Waals surface area contributed by atoms with E-state index in [1.54, 1.807) is 6.20 Å². The minimum Gasteiger partial charge on any atom is -0.383 e. The van der Waals surface area contributed by atoms with E-state index < -0.39 is 5.60 Å². The van der Waals surface area contributed by atoms with Crippen molar-refractivity contribution in [3.8, 4) is 0 Å². The molecule has 1 aromatic heterocycles. The lowest BCUT2D eigenvalue weighted by atomic mass is 9.80. The summed E-state index contributed by atoms with van der Waals surface area (Å²) < 4.78 is 8.66. The third kappa shape index (κ3) is 2.88. The molecule has 1 aliphatic rings. The van der Waals surface area contributed by atoms with Crippen molar-refractivity contribution in [2.24, 2.45) is 0 Å². The molecule has 1 aromatic rings. The van der Waals surface area contributed by atoms with Crippen LogP contribution in [-0.2, 0) is 16.9 Å². The van der Waals surface area contributed by atoms with Crippen LogP contribution in [0.1, 0.15) is 52.1 Å². The first-order valence-electron chi connectivity index (χ1n) is 7.02. The highest BCUT2D eigenvalue weighted by atomic mass is 79.9. The van der Waals surface area contributed by atoms with Gasteiger partial charge in [-0.3, -0.25) is 4.68 Å². The molecule has 2 unspecified atom stereocenters. The molecule has 2 heterocycles. The number of rotatable bonds is 4. The zero-order valence-corrected chi connectivity index (χ0v) is 13.5. The Morgan fingerprint density at radius 1 is 1.53 bits per heavy atom. The van der Waals surface area contributed by atoms with Gasteiger partial charge in [0, 0.05) is 19.4 Å². The number of halogens is 1. The maximum Gasteiger partial charge on any atom is 0.112 e. The molecule has 108 valence electrons. The van der Waals surface area contributed by atoms with Gasteiger partial charge >= 0.3 is 0 Å². The maximum atomic E-state index is 11.1. The number of ether oxygens (including phenoxy) is 1. The van der Waals surface area contributed by atoms with Crippen LogP contribution in [-0.4, -0.2) is 27.1 Å². The molecule has 19 heavy (non-hydrogen) atoms. The van der Waals surface area contributed by atoms with Gasteiger partial charge in [0.1, 0.15) is 5.60 Å². The Morgan fingerprint density at radius 2 is 2.26 bits per heavy atom. The number of aromatic nitrogens is 2. The number of aliphatic hydroxyl groups is 1. The molecule has 0 saturated carbocycles. The molecule has 0 radical (unpaired) electrons. The zero-order valence-electron chi connectivity index (χ0n) is 11.9. The van der Waals surface area contributed by atoms with Crippen LogP contribution in [0.5, 0.6) is 0 Å². The molecule has 2 rings (SSSR count). The standard InChI is InChI=1S/C14H23BrN2O2/c1-4-7-17-12(11(15)9-16-17)14(18)6-8-19-13(3,5-2)10-14/h9,18H,4-8,10H2,1-3H3. The molecule has 2 atom stereocenters. The van der Waals surface area contributed by atoms with Crippen LogP contribution < -0.4 is 0 Å². The molecule has 0 aromatic carbocycles. The van der Waals surface area contributed by atoms with Crippen molar-refractivity contribution in [2.75, 3.05) is 6.61 Å². The number of aryl methyl sites for hydroxylation is 1. The quantitative estimate of drug-likeness (QED) is 0.921. The summed E-state index contributed by atoms with van der Waals surface area (Å²) in [5.41, 5.74) is -0.210. The predicted octanol–water partition coefficient (Wildman–Crippen LogP) is 3.22. The van der Waals surface area contributed by atoms with Gasteiger partial charge in [0.2, 0.25) is 0 Å². The van der Waals surface area contributed by atoms with E-state index in [1.807, 2.05) is 4.68 Å². The number of hydrogen-bond acceptors (Lipinski definition) is 3. The van der Waals surface area contributed by atoms with Crippen molar-refractivity contribution in [3.05, 3.63) is 16.4 Å². The van der Waals surface area contributed by atoms with E-state index in [0.717, 1.165) is 29.6 Å². The van der Waals surface area contributed by atoms with Gasteiger partial charge in [-0.15, -0.1) is 0 Å². The first-order valence-corrected chi connectivity index (χ1v) is 7.81. The Labute approximate surface area is 123 Å². The van der Waals surface area contributed by atoms with Crippen molar-refractivity contribution in [2.45, 2.75) is 64.2 Å². The highest BCUT2D eigenvalue weighted by molar-refractivity contribution is 9.10. The van der Waals surface area contributed by atoms with Crippen LogP contribution in [0.3, 0.4) is 0 Å². The van der Waals surface area contributed by atoms with E-state index in [0.29, 0.717) is 19.4 Å². The van der Waals surface area contributed by atoms with E-state index in [-0.39, 0.29) is 5.60 Å². The molecular weight excluding hydrogens is 308 g/mol. The Bertz CT molecular complexity index is 449. The molecule has 1 fully saturated rings. The summed E-state index contributed by atoms with van der Waals surface area (Å²) in [5.74, 6) is 0. The molecule has 0 amide bonds. The molecule has 0 spiro atoms. The van der Waals surface area contributed by atoms with Gasteiger partial charge in [0.25, 0.3) is 0 Å². The zero-order chi connectivity index (χ0) is 14.1. The third-order valence-electron chi connectivity index (χ3n) is 4.05. The summed E-state index contributed by atoms with van der Waals surface area (Å²) in [5, 5.41) is 15.5. The average Bonchev–Trinajstić information content (AvgIpc) is 2.71. The van der Waals surface area contributed by atoms with Crippen molar-refractivity contribution in [1.29, 1.82) is 0 Å². The van der Waals surface area contributed by atoms with E-state index >= 15 is 0 Å². The van der Waals surface area contributed by atoms with Gasteiger partial charge < -0.3 is 9.84 Å². The van der Waals surface area contributed by atoms with Gasteiger partial charge in [-0.25, -0.2) is 0 Å². The van der Waals surface area contributed by atoms with Gasteiger partial charge in [-0.2, -0.15) is 5.10 Å². The van der Waals surface area contributed by atoms with Crippen LogP contribution in [0.2, 0.25) is 0 Å². The maximum absolute atomic E-state index is 11.1. The first kappa shape index (κ1) is 15.0. The van der Waals surface area contributed by atoms with E-state index in [4.69, 9.17) is 4.74 Å². The summed E-state index contributed by atoms with van der Waals surface area (Å²) in [6, 6.07) is 0. The Hall–Kier alpha value is -0.390. The van der Waals surface area contributed by atoms with E-state index in [9.17, 15) is 5.11 Å². The first-order chi connectivity index (χ1) is 8.94. The van der Waals surface area contributed by atoms with Crippen LogP contribution in [0.15, 0.2) is 10.7 Å². The number of hydrogen-bond donors (Lipinski definition) is 1. The number of nitrogens with zero attached hydrogens (tertiary/aromatic N) is 2. The monoisotopic (exact) mass is 330 g/mol. The van der Waals surface area contributed by atoms with Gasteiger partial charge in [-0.05, 0) is 35.7 Å². The lowest BCUT2D eigenvalue weighted by Gasteiger charge is -2.43. The van der Waals surface area contributed by atoms with Crippen LogP contribution in [0.25, 0.3) is 0 Å². The SMILES string of the molecule is CCCn1ncc(Br)c1C1(O)CCOC(C)(CC)C1. The molecule has 5 heteroatoms. The van der Waals surface area contributed by atoms with E-state index in [1.165, 1.54) is 0 Å². The summed E-state index contributed by atoms with van der Waals surface area (Å²) in [6.45, 7) is 7.71. The Morgan fingerprint density at radius 3 is 2.89 bits per heavy atom. The lowest BCUT2D eigenvalue weighted by Crippen LogP contribution is -2.46.